The number of nitrogens with zero attached hydrogens (tertiary/aromatic N) is 3. The van der Waals surface area contributed by atoms with E-state index in [1.807, 2.05) is 0 Å². The van der Waals surface area contributed by atoms with Crippen LogP contribution in [0.15, 0.2) is 6.33 Å². The molecule has 0 bridgehead atoms. The first kappa shape index (κ1) is 9.29. The Kier molecular flexibility index (Phi) is 2.30. The lowest BCUT2D eigenvalue weighted by molar-refractivity contribution is 0.0881. The summed E-state index contributed by atoms with van der Waals surface area (Å²) in [4.78, 5) is 11.9. The summed E-state index contributed by atoms with van der Waals surface area (Å²) < 4.78 is 6.72. The molecule has 2 heterocycles. The van der Waals surface area contributed by atoms with E-state index in [2.05, 4.69) is 10.2 Å². The predicted molar refractivity (Wildman–Crippen MR) is 47.6 cm³/mol. The van der Waals surface area contributed by atoms with Crippen LogP contribution in [0.4, 0.5) is 0 Å². The molecule has 2 atom stereocenters. The number of ketones is 1. The van der Waals surface area contributed by atoms with Crippen LogP contribution in [0.1, 0.15) is 10.6 Å². The molecule has 6 heteroatoms. The number of hydrogen-bond donors (Lipinski definition) is 1. The molecule has 0 amide bonds. The molecule has 2 rings (SSSR count). The van der Waals surface area contributed by atoms with Crippen molar-refractivity contribution in [1.82, 2.24) is 14.8 Å². The molecule has 0 saturated carbocycles. The van der Waals surface area contributed by atoms with Gasteiger partial charge >= 0.3 is 0 Å². The molecule has 1 saturated heterocycles. The minimum atomic E-state index is -0.280. The second-order valence-corrected chi connectivity index (χ2v) is 3.44. The lowest BCUT2D eigenvalue weighted by Crippen LogP contribution is -2.35. The van der Waals surface area contributed by atoms with Crippen molar-refractivity contribution in [3.05, 3.63) is 12.2 Å². The summed E-state index contributed by atoms with van der Waals surface area (Å²) in [7, 11) is 1.73. The summed E-state index contributed by atoms with van der Waals surface area (Å²) in [6.07, 6.45) is 1.49. The molecule has 14 heavy (non-hydrogen) atoms. The van der Waals surface area contributed by atoms with Gasteiger partial charge in [0, 0.05) is 13.1 Å². The molecule has 0 spiro atoms. The summed E-state index contributed by atoms with van der Waals surface area (Å²) in [5.74, 6) is -0.0242. The molecule has 6 nitrogen and oxygen atoms in total. The predicted octanol–water partition coefficient (Wildman–Crippen LogP) is -1.03. The van der Waals surface area contributed by atoms with Crippen LogP contribution in [0.5, 0.6) is 0 Å². The standard InChI is InChI=1S/C8H12N4O2/c1-12-4-10-11-8(12)7(13)5-2-14-3-6(5)9/h4-6H,2-3,9H2,1H3. The average molecular weight is 196 g/mol. The van der Waals surface area contributed by atoms with Crippen LogP contribution in [-0.4, -0.2) is 39.8 Å². The third-order valence-electron chi connectivity index (χ3n) is 2.39. The van der Waals surface area contributed by atoms with Gasteiger partial charge in [0.25, 0.3) is 0 Å². The van der Waals surface area contributed by atoms with Gasteiger partial charge in [-0.1, -0.05) is 0 Å². The number of aryl methyl sites for hydroxylation is 1. The lowest BCUT2D eigenvalue weighted by Gasteiger charge is -2.10. The van der Waals surface area contributed by atoms with Gasteiger partial charge in [-0.3, -0.25) is 4.79 Å². The first-order chi connectivity index (χ1) is 6.70. The largest absolute Gasteiger partial charge is 0.379 e. The van der Waals surface area contributed by atoms with Gasteiger partial charge in [-0.25, -0.2) is 0 Å². The van der Waals surface area contributed by atoms with Crippen molar-refractivity contribution in [1.29, 1.82) is 0 Å². The Morgan fingerprint density at radius 1 is 1.71 bits per heavy atom. The summed E-state index contributed by atoms with van der Waals surface area (Å²) in [5.41, 5.74) is 5.73. The molecule has 1 fully saturated rings. The molecule has 0 radical (unpaired) electrons. The van der Waals surface area contributed by atoms with Crippen molar-refractivity contribution >= 4 is 5.78 Å². The number of hydrogen-bond acceptors (Lipinski definition) is 5. The quantitative estimate of drug-likeness (QED) is 0.611. The summed E-state index contributed by atoms with van der Waals surface area (Å²) in [6.45, 7) is 0.821. The summed E-state index contributed by atoms with van der Waals surface area (Å²) in [5, 5.41) is 7.40. The second-order valence-electron chi connectivity index (χ2n) is 3.44. The molecular formula is C8H12N4O2. The van der Waals surface area contributed by atoms with Crippen LogP contribution in [-0.2, 0) is 11.8 Å². The van der Waals surface area contributed by atoms with E-state index in [-0.39, 0.29) is 17.7 Å². The molecule has 0 aromatic carbocycles. The number of aromatic nitrogens is 3. The normalized spacial score (nSPS) is 26.7. The zero-order valence-corrected chi connectivity index (χ0v) is 7.88. The zero-order chi connectivity index (χ0) is 10.1. The van der Waals surface area contributed by atoms with E-state index >= 15 is 0 Å². The van der Waals surface area contributed by atoms with Crippen LogP contribution in [0.25, 0.3) is 0 Å². The number of rotatable bonds is 2. The number of nitrogens with two attached hydrogens (primary N) is 1. The van der Waals surface area contributed by atoms with Crippen molar-refractivity contribution in [3.63, 3.8) is 0 Å². The third-order valence-corrected chi connectivity index (χ3v) is 2.39. The molecule has 0 aliphatic carbocycles. The van der Waals surface area contributed by atoms with Crippen molar-refractivity contribution in [2.24, 2.45) is 18.7 Å². The highest BCUT2D eigenvalue weighted by molar-refractivity contribution is 5.95. The fourth-order valence-corrected chi connectivity index (χ4v) is 1.51. The fourth-order valence-electron chi connectivity index (χ4n) is 1.51. The smallest absolute Gasteiger partial charge is 0.207 e. The first-order valence-corrected chi connectivity index (χ1v) is 4.41. The molecular weight excluding hydrogens is 184 g/mol. The van der Waals surface area contributed by atoms with Gasteiger partial charge in [-0.05, 0) is 0 Å². The zero-order valence-electron chi connectivity index (χ0n) is 7.88. The van der Waals surface area contributed by atoms with Crippen LogP contribution >= 0.6 is 0 Å². The minimum Gasteiger partial charge on any atom is -0.379 e. The van der Waals surface area contributed by atoms with Crippen LogP contribution in [0.2, 0.25) is 0 Å². The van der Waals surface area contributed by atoms with E-state index in [4.69, 9.17) is 10.5 Å². The highest BCUT2D eigenvalue weighted by atomic mass is 16.5. The maximum absolute atomic E-state index is 11.9. The number of carbonyl (C=O) groups excluding carboxylic acids is 1. The number of ether oxygens (including phenoxy) is 1. The van der Waals surface area contributed by atoms with Gasteiger partial charge in [-0.2, -0.15) is 0 Å². The Morgan fingerprint density at radius 2 is 2.50 bits per heavy atom. The van der Waals surface area contributed by atoms with Gasteiger partial charge in [0.15, 0.2) is 5.82 Å². The Hall–Kier alpha value is -1.27. The highest BCUT2D eigenvalue weighted by Gasteiger charge is 2.33. The van der Waals surface area contributed by atoms with Gasteiger partial charge in [0.1, 0.15) is 6.33 Å². The van der Waals surface area contributed by atoms with Gasteiger partial charge in [0.2, 0.25) is 5.78 Å². The van der Waals surface area contributed by atoms with Crippen LogP contribution in [0, 0.1) is 5.92 Å². The first-order valence-electron chi connectivity index (χ1n) is 4.41. The molecule has 1 aliphatic rings. The van der Waals surface area contributed by atoms with Gasteiger partial charge in [0.05, 0.1) is 19.1 Å². The highest BCUT2D eigenvalue weighted by Crippen LogP contribution is 2.16. The van der Waals surface area contributed by atoms with Crippen LogP contribution in [0.3, 0.4) is 0 Å². The van der Waals surface area contributed by atoms with Crippen LogP contribution < -0.4 is 5.73 Å². The van der Waals surface area contributed by atoms with E-state index in [9.17, 15) is 4.79 Å². The Balaban J connectivity index is 2.20. The molecule has 1 aromatic rings. The Morgan fingerprint density at radius 3 is 3.00 bits per heavy atom. The molecule has 76 valence electrons. The maximum atomic E-state index is 11.9. The minimum absolute atomic E-state index is 0.0880. The lowest BCUT2D eigenvalue weighted by atomic mass is 9.99. The second kappa shape index (κ2) is 3.47. The fraction of sp³-hybridized carbons (Fsp3) is 0.625. The number of Topliss-reactive ketones (excluding diaryl/α,β-unsaturated/α-hetero) is 1. The van der Waals surface area contributed by atoms with Crippen molar-refractivity contribution in [2.45, 2.75) is 6.04 Å². The molecule has 1 aliphatic heterocycles. The Bertz CT molecular complexity index is 349. The SMILES string of the molecule is Cn1cnnc1C(=O)C1COCC1N. The maximum Gasteiger partial charge on any atom is 0.207 e. The topological polar surface area (TPSA) is 83.0 Å². The summed E-state index contributed by atoms with van der Waals surface area (Å²) >= 11 is 0. The molecule has 2 N–H and O–H groups in total. The van der Waals surface area contributed by atoms with Crippen molar-refractivity contribution in [3.8, 4) is 0 Å². The number of carbonyl (C=O) groups is 1. The summed E-state index contributed by atoms with van der Waals surface area (Å²) in [6, 6.07) is -0.223. The van der Waals surface area contributed by atoms with E-state index < -0.39 is 0 Å². The van der Waals surface area contributed by atoms with E-state index in [1.54, 1.807) is 11.6 Å². The van der Waals surface area contributed by atoms with E-state index in [0.29, 0.717) is 19.0 Å². The van der Waals surface area contributed by atoms with Gasteiger partial charge in [-0.15, -0.1) is 10.2 Å². The van der Waals surface area contributed by atoms with Crippen molar-refractivity contribution in [2.75, 3.05) is 13.2 Å². The van der Waals surface area contributed by atoms with E-state index in [1.165, 1.54) is 6.33 Å². The van der Waals surface area contributed by atoms with Gasteiger partial charge < -0.3 is 15.0 Å². The molecule has 2 unspecified atom stereocenters. The average Bonchev–Trinajstić information content (AvgIpc) is 2.73. The van der Waals surface area contributed by atoms with Crippen molar-refractivity contribution < 1.29 is 9.53 Å². The third kappa shape index (κ3) is 1.42. The monoisotopic (exact) mass is 196 g/mol. The Labute approximate surface area is 81.1 Å². The van der Waals surface area contributed by atoms with E-state index in [0.717, 1.165) is 0 Å². The molecule has 1 aromatic heterocycles.